The van der Waals surface area contributed by atoms with Crippen molar-refractivity contribution in [3.8, 4) is 11.1 Å². The first-order chi connectivity index (χ1) is 14.5. The topological polar surface area (TPSA) is 26.3 Å². The predicted molar refractivity (Wildman–Crippen MR) is 126 cm³/mol. The first kappa shape index (κ1) is 22.7. The number of hydrogen-bond donors (Lipinski definition) is 0. The molecular weight excluding hydrogens is 368 g/mol. The molecular formula is C28H38O2. The highest BCUT2D eigenvalue weighted by atomic mass is 16.5. The Hall–Kier alpha value is -1.93. The molecule has 0 saturated carbocycles. The summed E-state index contributed by atoms with van der Waals surface area (Å²) in [6, 6.07) is 14.7. The Morgan fingerprint density at radius 1 is 0.933 bits per heavy atom. The Morgan fingerprint density at radius 2 is 1.67 bits per heavy atom. The van der Waals surface area contributed by atoms with E-state index in [1.807, 2.05) is 6.07 Å². The third-order valence-corrected chi connectivity index (χ3v) is 6.37. The van der Waals surface area contributed by atoms with Crippen LogP contribution in [0.1, 0.15) is 88.8 Å². The van der Waals surface area contributed by atoms with E-state index in [2.05, 4.69) is 64.1 Å². The van der Waals surface area contributed by atoms with E-state index in [0.29, 0.717) is 13.0 Å². The highest BCUT2D eigenvalue weighted by Crippen LogP contribution is 2.52. The van der Waals surface area contributed by atoms with Gasteiger partial charge in [0.1, 0.15) is 0 Å². The van der Waals surface area contributed by atoms with Crippen molar-refractivity contribution >= 4 is 5.78 Å². The van der Waals surface area contributed by atoms with Gasteiger partial charge in [-0.15, -0.1) is 0 Å². The maximum atomic E-state index is 13.9. The van der Waals surface area contributed by atoms with Gasteiger partial charge in [-0.05, 0) is 42.4 Å². The average molecular weight is 407 g/mol. The van der Waals surface area contributed by atoms with Crippen LogP contribution in [0.5, 0.6) is 0 Å². The van der Waals surface area contributed by atoms with E-state index in [-0.39, 0.29) is 5.78 Å². The van der Waals surface area contributed by atoms with E-state index in [1.54, 1.807) is 0 Å². The minimum Gasteiger partial charge on any atom is -0.358 e. The monoisotopic (exact) mass is 406 g/mol. The van der Waals surface area contributed by atoms with Crippen LogP contribution in [0.25, 0.3) is 11.1 Å². The van der Waals surface area contributed by atoms with Crippen LogP contribution in [-0.4, -0.2) is 12.4 Å². The van der Waals surface area contributed by atoms with Crippen LogP contribution >= 0.6 is 0 Å². The van der Waals surface area contributed by atoms with E-state index in [9.17, 15) is 4.79 Å². The first-order valence-electron chi connectivity index (χ1n) is 11.9. The van der Waals surface area contributed by atoms with E-state index in [1.165, 1.54) is 19.3 Å². The number of aryl methyl sites for hydroxylation is 1. The van der Waals surface area contributed by atoms with Crippen molar-refractivity contribution in [2.75, 3.05) is 6.61 Å². The molecule has 0 amide bonds. The smallest absolute Gasteiger partial charge is 0.177 e. The highest BCUT2D eigenvalue weighted by molar-refractivity contribution is 6.00. The van der Waals surface area contributed by atoms with Crippen molar-refractivity contribution in [3.63, 3.8) is 0 Å². The van der Waals surface area contributed by atoms with Crippen LogP contribution in [-0.2, 0) is 15.1 Å². The second-order valence-electron chi connectivity index (χ2n) is 9.20. The van der Waals surface area contributed by atoms with Crippen LogP contribution in [0.3, 0.4) is 0 Å². The van der Waals surface area contributed by atoms with Crippen LogP contribution in [0.15, 0.2) is 42.5 Å². The SMILES string of the molecule is CCCCOC1(C(=O)CCCCCCC(C)C)c2ccccc2-c2cccc(C)c21. The van der Waals surface area contributed by atoms with Gasteiger partial charge in [0.15, 0.2) is 11.4 Å². The van der Waals surface area contributed by atoms with Gasteiger partial charge in [-0.2, -0.15) is 0 Å². The lowest BCUT2D eigenvalue weighted by Crippen LogP contribution is -2.39. The second kappa shape index (κ2) is 10.4. The molecule has 1 atom stereocenters. The molecule has 162 valence electrons. The number of carbonyl (C=O) groups excluding carboxylic acids is 1. The zero-order chi connectivity index (χ0) is 21.6. The van der Waals surface area contributed by atoms with Crippen molar-refractivity contribution in [1.82, 2.24) is 0 Å². The minimum absolute atomic E-state index is 0.225. The molecule has 30 heavy (non-hydrogen) atoms. The molecule has 3 rings (SSSR count). The van der Waals surface area contributed by atoms with E-state index in [4.69, 9.17) is 4.74 Å². The zero-order valence-electron chi connectivity index (χ0n) is 19.3. The highest BCUT2D eigenvalue weighted by Gasteiger charge is 2.50. The number of rotatable bonds is 12. The van der Waals surface area contributed by atoms with Gasteiger partial charge in [0.25, 0.3) is 0 Å². The fourth-order valence-corrected chi connectivity index (χ4v) is 4.78. The molecule has 2 heteroatoms. The molecule has 0 radical (unpaired) electrons. The van der Waals surface area contributed by atoms with Crippen molar-refractivity contribution < 1.29 is 9.53 Å². The van der Waals surface area contributed by atoms with E-state index >= 15 is 0 Å². The fourth-order valence-electron chi connectivity index (χ4n) is 4.78. The summed E-state index contributed by atoms with van der Waals surface area (Å²) in [5, 5.41) is 0. The molecule has 0 saturated heterocycles. The first-order valence-corrected chi connectivity index (χ1v) is 11.9. The lowest BCUT2D eigenvalue weighted by molar-refractivity contribution is -0.140. The zero-order valence-corrected chi connectivity index (χ0v) is 19.3. The maximum Gasteiger partial charge on any atom is 0.177 e. The summed E-state index contributed by atoms with van der Waals surface area (Å²) in [6.07, 6.45) is 8.41. The quantitative estimate of drug-likeness (QED) is 0.339. The van der Waals surface area contributed by atoms with Crippen LogP contribution in [0, 0.1) is 12.8 Å². The number of benzene rings is 2. The van der Waals surface area contributed by atoms with Crippen LogP contribution in [0.4, 0.5) is 0 Å². The number of hydrogen-bond acceptors (Lipinski definition) is 2. The van der Waals surface area contributed by atoms with Gasteiger partial charge in [0.2, 0.25) is 0 Å². The fraction of sp³-hybridized carbons (Fsp3) is 0.536. The van der Waals surface area contributed by atoms with Crippen molar-refractivity contribution in [1.29, 1.82) is 0 Å². The molecule has 0 aromatic heterocycles. The number of carbonyl (C=O) groups is 1. The Balaban J connectivity index is 1.88. The molecule has 2 aromatic rings. The van der Waals surface area contributed by atoms with Gasteiger partial charge in [-0.25, -0.2) is 0 Å². The lowest BCUT2D eigenvalue weighted by atomic mass is 9.82. The molecule has 2 nitrogen and oxygen atoms in total. The molecule has 1 aliphatic rings. The molecule has 1 aliphatic carbocycles. The third kappa shape index (κ3) is 4.54. The van der Waals surface area contributed by atoms with E-state index < -0.39 is 5.60 Å². The number of ether oxygens (including phenoxy) is 1. The van der Waals surface area contributed by atoms with Gasteiger partial charge in [0.05, 0.1) is 0 Å². The number of ketones is 1. The van der Waals surface area contributed by atoms with E-state index in [0.717, 1.165) is 59.4 Å². The molecule has 1 unspecified atom stereocenters. The Labute approximate surface area is 183 Å². The Morgan fingerprint density at radius 3 is 2.43 bits per heavy atom. The molecule has 0 N–H and O–H groups in total. The maximum absolute atomic E-state index is 13.9. The number of Topliss-reactive ketones (excluding diaryl/α,β-unsaturated/α-hetero) is 1. The summed E-state index contributed by atoms with van der Waals surface area (Å²) in [5.74, 6) is 0.985. The normalized spacial score (nSPS) is 17.2. The van der Waals surface area contributed by atoms with Gasteiger partial charge >= 0.3 is 0 Å². The van der Waals surface area contributed by atoms with Crippen molar-refractivity contribution in [2.24, 2.45) is 5.92 Å². The largest absolute Gasteiger partial charge is 0.358 e. The standard InChI is InChI=1S/C28H38O2/c1-5-6-20-30-28(26(29)19-10-8-7-9-14-21(2)3)25-18-12-11-16-23(25)24-17-13-15-22(4)27(24)28/h11-13,15-18,21H,5-10,14,19-20H2,1-4H3. The third-order valence-electron chi connectivity index (χ3n) is 6.37. The Bertz CT molecular complexity index is 851. The molecule has 0 fully saturated rings. The minimum atomic E-state index is -0.940. The molecule has 0 aliphatic heterocycles. The van der Waals surface area contributed by atoms with Crippen molar-refractivity contribution in [3.05, 3.63) is 59.2 Å². The van der Waals surface area contributed by atoms with Gasteiger partial charge < -0.3 is 4.74 Å². The average Bonchev–Trinajstić information content (AvgIpc) is 3.03. The van der Waals surface area contributed by atoms with Gasteiger partial charge in [-0.3, -0.25) is 4.79 Å². The summed E-state index contributed by atoms with van der Waals surface area (Å²) in [6.45, 7) is 9.44. The summed E-state index contributed by atoms with van der Waals surface area (Å²) < 4.78 is 6.59. The summed E-state index contributed by atoms with van der Waals surface area (Å²) in [4.78, 5) is 13.9. The molecule has 0 spiro atoms. The molecule has 2 aromatic carbocycles. The van der Waals surface area contributed by atoms with Crippen LogP contribution < -0.4 is 0 Å². The number of unbranched alkanes of at least 4 members (excludes halogenated alkanes) is 4. The van der Waals surface area contributed by atoms with Crippen LogP contribution in [0.2, 0.25) is 0 Å². The predicted octanol–water partition coefficient (Wildman–Crippen LogP) is 7.60. The molecule has 0 bridgehead atoms. The van der Waals surface area contributed by atoms with Crippen molar-refractivity contribution in [2.45, 2.75) is 84.7 Å². The van der Waals surface area contributed by atoms with Gasteiger partial charge in [-0.1, -0.05) is 95.3 Å². The molecule has 0 heterocycles. The lowest BCUT2D eigenvalue weighted by Gasteiger charge is -2.32. The summed E-state index contributed by atoms with van der Waals surface area (Å²) in [7, 11) is 0. The second-order valence-corrected chi connectivity index (χ2v) is 9.20. The Kier molecular flexibility index (Phi) is 7.88. The summed E-state index contributed by atoms with van der Waals surface area (Å²) in [5.41, 5.74) is 4.63. The number of fused-ring (bicyclic) bond motifs is 3. The van der Waals surface area contributed by atoms with Gasteiger partial charge in [0, 0.05) is 24.2 Å². The summed E-state index contributed by atoms with van der Waals surface area (Å²) >= 11 is 0.